The molecule has 0 saturated heterocycles. The molecule has 1 unspecified atom stereocenters. The largest absolute Gasteiger partial charge is 0.297 e. The number of nitrogens with zero attached hydrogens (tertiary/aromatic N) is 1. The van der Waals surface area contributed by atoms with E-state index < -0.39 is 11.3 Å². The summed E-state index contributed by atoms with van der Waals surface area (Å²) in [6.07, 6.45) is 1.66. The lowest BCUT2D eigenvalue weighted by atomic mass is 9.82. The van der Waals surface area contributed by atoms with E-state index in [0.29, 0.717) is 0 Å². The molecule has 2 aromatic rings. The van der Waals surface area contributed by atoms with Gasteiger partial charge >= 0.3 is 0 Å². The molecule has 0 amide bonds. The second kappa shape index (κ2) is 5.46. The van der Waals surface area contributed by atoms with Gasteiger partial charge in [-0.1, -0.05) is 64.5 Å². The number of halogens is 1. The molecule has 1 aliphatic carbocycles. The van der Waals surface area contributed by atoms with Crippen molar-refractivity contribution in [3.63, 3.8) is 0 Å². The summed E-state index contributed by atoms with van der Waals surface area (Å²) < 4.78 is 0.814. The molecule has 1 atom stereocenters. The highest BCUT2D eigenvalue weighted by atomic mass is 79.9. The van der Waals surface area contributed by atoms with Crippen LogP contribution in [0.3, 0.4) is 0 Å². The lowest BCUT2D eigenvalue weighted by molar-refractivity contribution is -0.121. The lowest BCUT2D eigenvalue weighted by Crippen LogP contribution is -2.26. The Bertz CT molecular complexity index is 713. The fourth-order valence-corrected chi connectivity index (χ4v) is 3.33. The summed E-state index contributed by atoms with van der Waals surface area (Å²) in [5, 5.41) is 9.52. The zero-order chi connectivity index (χ0) is 14.9. The number of carbonyl (C=O) groups excluding carboxylic acids is 1. The van der Waals surface area contributed by atoms with Crippen LogP contribution in [0, 0.1) is 11.3 Å². The number of hydrogen-bond acceptors (Lipinski definition) is 2. The van der Waals surface area contributed by atoms with Crippen LogP contribution in [0.1, 0.15) is 29.9 Å². The van der Waals surface area contributed by atoms with Crippen LogP contribution in [-0.2, 0) is 10.2 Å². The van der Waals surface area contributed by atoms with Crippen molar-refractivity contribution in [3.05, 3.63) is 70.2 Å². The average molecular weight is 340 g/mol. The molecule has 0 aromatic heterocycles. The Morgan fingerprint density at radius 2 is 1.71 bits per heavy atom. The number of ketones is 1. The van der Waals surface area contributed by atoms with Crippen molar-refractivity contribution in [2.45, 2.75) is 24.2 Å². The zero-order valence-corrected chi connectivity index (χ0v) is 13.0. The topological polar surface area (TPSA) is 40.9 Å². The molecular formula is C18H14BrNO. The monoisotopic (exact) mass is 339 g/mol. The number of benzene rings is 2. The molecule has 0 radical (unpaired) electrons. The Hall–Kier alpha value is -1.92. The number of Topliss-reactive ketones (excluding diaryl/α,β-unsaturated/α-hetero) is 1. The van der Waals surface area contributed by atoms with Gasteiger partial charge in [-0.15, -0.1) is 0 Å². The van der Waals surface area contributed by atoms with Gasteiger partial charge in [0.05, 0.1) is 11.5 Å². The van der Waals surface area contributed by atoms with E-state index in [4.69, 9.17) is 0 Å². The normalized spacial score (nSPS) is 16.8. The third kappa shape index (κ3) is 2.41. The molecule has 2 aromatic carbocycles. The molecule has 0 N–H and O–H groups in total. The second-order valence-corrected chi connectivity index (χ2v) is 6.25. The summed E-state index contributed by atoms with van der Waals surface area (Å²) in [6, 6.07) is 19.5. The molecule has 1 fully saturated rings. The number of nitriles is 1. The predicted molar refractivity (Wildman–Crippen MR) is 84.9 cm³/mol. The van der Waals surface area contributed by atoms with Crippen molar-refractivity contribution in [1.29, 1.82) is 5.26 Å². The van der Waals surface area contributed by atoms with E-state index in [9.17, 15) is 10.1 Å². The van der Waals surface area contributed by atoms with Crippen molar-refractivity contribution in [3.8, 4) is 6.07 Å². The molecule has 21 heavy (non-hydrogen) atoms. The third-order valence-electron chi connectivity index (χ3n) is 4.16. The van der Waals surface area contributed by atoms with E-state index >= 15 is 0 Å². The van der Waals surface area contributed by atoms with E-state index in [1.165, 1.54) is 0 Å². The molecular weight excluding hydrogens is 326 g/mol. The highest BCUT2D eigenvalue weighted by molar-refractivity contribution is 9.10. The van der Waals surface area contributed by atoms with Gasteiger partial charge < -0.3 is 0 Å². The zero-order valence-electron chi connectivity index (χ0n) is 11.4. The van der Waals surface area contributed by atoms with Crippen LogP contribution < -0.4 is 0 Å². The highest BCUT2D eigenvalue weighted by Gasteiger charge is 2.53. The molecule has 0 aliphatic heterocycles. The van der Waals surface area contributed by atoms with E-state index in [0.717, 1.165) is 28.4 Å². The maximum atomic E-state index is 13.0. The highest BCUT2D eigenvalue weighted by Crippen LogP contribution is 2.51. The van der Waals surface area contributed by atoms with E-state index in [-0.39, 0.29) is 5.78 Å². The lowest BCUT2D eigenvalue weighted by Gasteiger charge is -2.19. The Morgan fingerprint density at radius 1 is 1.10 bits per heavy atom. The summed E-state index contributed by atoms with van der Waals surface area (Å²) in [5.41, 5.74) is 1.33. The fourth-order valence-electron chi connectivity index (χ4n) is 2.81. The summed E-state index contributed by atoms with van der Waals surface area (Å²) in [6.45, 7) is 0. The smallest absolute Gasteiger partial charge is 0.164 e. The van der Waals surface area contributed by atoms with Crippen LogP contribution in [0.5, 0.6) is 0 Å². The maximum absolute atomic E-state index is 13.0. The van der Waals surface area contributed by atoms with Crippen LogP contribution in [-0.4, -0.2) is 5.78 Å². The molecule has 3 rings (SSSR count). The van der Waals surface area contributed by atoms with Crippen molar-refractivity contribution in [1.82, 2.24) is 0 Å². The molecule has 2 nitrogen and oxygen atoms in total. The fraction of sp³-hybridized carbons (Fsp3) is 0.222. The standard InChI is InChI=1S/C18H14BrNO/c19-16-9-5-4-8-14(16)15(12-20)17(21)18(10-11-18)13-6-2-1-3-7-13/h1-9,15H,10-11H2. The first-order valence-corrected chi connectivity index (χ1v) is 7.72. The summed E-state index contributed by atoms with van der Waals surface area (Å²) >= 11 is 3.45. The van der Waals surface area contributed by atoms with Crippen molar-refractivity contribution >= 4 is 21.7 Å². The van der Waals surface area contributed by atoms with Gasteiger partial charge in [0.1, 0.15) is 5.92 Å². The van der Waals surface area contributed by atoms with Gasteiger partial charge in [0.15, 0.2) is 5.78 Å². The number of rotatable bonds is 4. The minimum atomic E-state index is -0.719. The van der Waals surface area contributed by atoms with E-state index in [2.05, 4.69) is 22.0 Å². The second-order valence-electron chi connectivity index (χ2n) is 5.40. The predicted octanol–water partition coefficient (Wildman–Crippen LogP) is 4.36. The third-order valence-corrected chi connectivity index (χ3v) is 4.88. The van der Waals surface area contributed by atoms with Crippen LogP contribution in [0.15, 0.2) is 59.1 Å². The first kappa shape index (κ1) is 14.0. The molecule has 1 aliphatic rings. The summed E-state index contributed by atoms with van der Waals surface area (Å²) in [5.74, 6) is -0.702. The summed E-state index contributed by atoms with van der Waals surface area (Å²) in [7, 11) is 0. The van der Waals surface area contributed by atoms with Gasteiger partial charge in [-0.25, -0.2) is 0 Å². The Labute approximate surface area is 132 Å². The quantitative estimate of drug-likeness (QED) is 0.830. The SMILES string of the molecule is N#CC(C(=O)C1(c2ccccc2)CC1)c1ccccc1Br. The maximum Gasteiger partial charge on any atom is 0.164 e. The number of carbonyl (C=O) groups is 1. The first-order valence-electron chi connectivity index (χ1n) is 6.93. The first-order chi connectivity index (χ1) is 10.2. The molecule has 104 valence electrons. The van der Waals surface area contributed by atoms with Gasteiger partial charge in [0.25, 0.3) is 0 Å². The van der Waals surface area contributed by atoms with Gasteiger partial charge in [0.2, 0.25) is 0 Å². The van der Waals surface area contributed by atoms with Gasteiger partial charge in [-0.2, -0.15) is 5.26 Å². The van der Waals surface area contributed by atoms with Gasteiger partial charge in [-0.3, -0.25) is 4.79 Å². The average Bonchev–Trinajstić information content (AvgIpc) is 3.32. The van der Waals surface area contributed by atoms with Crippen LogP contribution >= 0.6 is 15.9 Å². The van der Waals surface area contributed by atoms with Crippen molar-refractivity contribution in [2.75, 3.05) is 0 Å². The molecule has 0 spiro atoms. The molecule has 1 saturated carbocycles. The van der Waals surface area contributed by atoms with Crippen LogP contribution in [0.25, 0.3) is 0 Å². The molecule has 0 bridgehead atoms. The van der Waals surface area contributed by atoms with Gasteiger partial charge in [-0.05, 0) is 30.0 Å². The Morgan fingerprint density at radius 3 is 2.29 bits per heavy atom. The van der Waals surface area contributed by atoms with Crippen LogP contribution in [0.4, 0.5) is 0 Å². The Kier molecular flexibility index (Phi) is 3.65. The van der Waals surface area contributed by atoms with Gasteiger partial charge in [0, 0.05) is 4.47 Å². The minimum absolute atomic E-state index is 0.0168. The molecule has 3 heteroatoms. The van der Waals surface area contributed by atoms with E-state index in [1.54, 1.807) is 0 Å². The van der Waals surface area contributed by atoms with Crippen molar-refractivity contribution in [2.24, 2.45) is 0 Å². The summed E-state index contributed by atoms with van der Waals surface area (Å²) in [4.78, 5) is 13.0. The minimum Gasteiger partial charge on any atom is -0.297 e. The number of hydrogen-bond donors (Lipinski definition) is 0. The van der Waals surface area contributed by atoms with E-state index in [1.807, 2.05) is 54.6 Å². The molecule has 0 heterocycles. The van der Waals surface area contributed by atoms with Crippen molar-refractivity contribution < 1.29 is 4.79 Å². The van der Waals surface area contributed by atoms with Crippen LogP contribution in [0.2, 0.25) is 0 Å². The Balaban J connectivity index is 1.98.